The minimum Gasteiger partial charge on any atom is -0.361 e. The zero-order valence-electron chi connectivity index (χ0n) is 15.7. The summed E-state index contributed by atoms with van der Waals surface area (Å²) in [6.45, 7) is 4.74. The molecular weight excluding hydrogens is 354 g/mol. The normalized spacial score (nSPS) is 16.0. The quantitative estimate of drug-likeness (QED) is 0.542. The Morgan fingerprint density at radius 2 is 2.04 bits per heavy atom. The zero-order valence-corrected chi connectivity index (χ0v) is 15.7. The van der Waals surface area contributed by atoms with Crippen LogP contribution in [0.15, 0.2) is 47.2 Å². The van der Waals surface area contributed by atoms with Gasteiger partial charge in [0, 0.05) is 36.5 Å². The molecule has 0 saturated carbocycles. The van der Waals surface area contributed by atoms with Crippen LogP contribution < -0.4 is 0 Å². The Bertz CT molecular complexity index is 1080. The van der Waals surface area contributed by atoms with Gasteiger partial charge in [-0.05, 0) is 57.1 Å². The topological polar surface area (TPSA) is 85.2 Å². The van der Waals surface area contributed by atoms with Crippen LogP contribution in [0.1, 0.15) is 36.0 Å². The molecule has 0 amide bonds. The van der Waals surface area contributed by atoms with Crippen molar-refractivity contribution in [3.8, 4) is 11.3 Å². The molecule has 4 aromatic rings. The number of hydrogen-bond acceptors (Lipinski definition) is 7. The van der Waals surface area contributed by atoms with Crippen molar-refractivity contribution in [2.45, 2.75) is 32.2 Å². The molecule has 28 heavy (non-hydrogen) atoms. The molecule has 0 atom stereocenters. The number of hydrogen-bond donors (Lipinski definition) is 0. The van der Waals surface area contributed by atoms with Crippen molar-refractivity contribution in [3.05, 3.63) is 60.0 Å². The Balaban J connectivity index is 1.34. The number of aryl methyl sites for hydroxylation is 1. The highest BCUT2D eigenvalue weighted by molar-refractivity contribution is 5.58. The van der Waals surface area contributed by atoms with E-state index in [9.17, 15) is 0 Å². The Morgan fingerprint density at radius 3 is 2.79 bits per heavy atom. The lowest BCUT2D eigenvalue weighted by atomic mass is 9.96. The number of pyridine rings is 1. The zero-order chi connectivity index (χ0) is 18.9. The van der Waals surface area contributed by atoms with Crippen molar-refractivity contribution in [2.24, 2.45) is 0 Å². The van der Waals surface area contributed by atoms with Crippen LogP contribution in [0.2, 0.25) is 0 Å². The van der Waals surface area contributed by atoms with E-state index in [0.29, 0.717) is 5.92 Å². The summed E-state index contributed by atoms with van der Waals surface area (Å²) in [5.41, 5.74) is 3.64. The minimum absolute atomic E-state index is 0.349. The van der Waals surface area contributed by atoms with E-state index in [4.69, 9.17) is 9.62 Å². The van der Waals surface area contributed by atoms with Crippen molar-refractivity contribution >= 4 is 5.65 Å². The molecular formula is C20H21N7O. The fourth-order valence-corrected chi connectivity index (χ4v) is 3.80. The first-order valence-corrected chi connectivity index (χ1v) is 9.53. The second kappa shape index (κ2) is 7.12. The number of fused-ring (bicyclic) bond motifs is 1. The summed E-state index contributed by atoms with van der Waals surface area (Å²) in [5.74, 6) is 2.15. The molecule has 1 aliphatic rings. The predicted octanol–water partition coefficient (Wildman–Crippen LogP) is 2.86. The maximum absolute atomic E-state index is 5.17. The molecule has 5 heterocycles. The molecule has 1 aliphatic heterocycles. The van der Waals surface area contributed by atoms with Crippen LogP contribution in [-0.2, 0) is 6.54 Å². The predicted molar refractivity (Wildman–Crippen MR) is 103 cm³/mol. The molecule has 0 spiro atoms. The molecule has 0 radical (unpaired) electrons. The number of likely N-dealkylation sites (tertiary alicyclic amines) is 1. The number of aromatic nitrogens is 6. The molecule has 0 aliphatic carbocycles. The second-order valence-corrected chi connectivity index (χ2v) is 7.27. The number of nitrogens with zero attached hydrogens (tertiary/aromatic N) is 7. The van der Waals surface area contributed by atoms with Gasteiger partial charge in [0.05, 0.1) is 11.4 Å². The van der Waals surface area contributed by atoms with Gasteiger partial charge in [0.25, 0.3) is 0 Å². The molecule has 5 rings (SSSR count). The minimum atomic E-state index is 0.349. The number of piperidine rings is 1. The lowest BCUT2D eigenvalue weighted by molar-refractivity contribution is 0.196. The van der Waals surface area contributed by atoms with Gasteiger partial charge in [-0.3, -0.25) is 9.88 Å². The largest absolute Gasteiger partial charge is 0.361 e. The summed E-state index contributed by atoms with van der Waals surface area (Å²) >= 11 is 0. The first kappa shape index (κ1) is 17.0. The summed E-state index contributed by atoms with van der Waals surface area (Å²) < 4.78 is 7.06. The molecule has 4 aromatic heterocycles. The Labute approximate surface area is 162 Å². The number of rotatable bonds is 4. The molecule has 8 nitrogen and oxygen atoms in total. The van der Waals surface area contributed by atoms with Crippen molar-refractivity contribution in [1.82, 2.24) is 34.9 Å². The van der Waals surface area contributed by atoms with Crippen molar-refractivity contribution in [3.63, 3.8) is 0 Å². The molecule has 0 N–H and O–H groups in total. The van der Waals surface area contributed by atoms with E-state index in [1.54, 1.807) is 6.20 Å². The van der Waals surface area contributed by atoms with Crippen LogP contribution in [0.3, 0.4) is 0 Å². The smallest absolute Gasteiger partial charge is 0.177 e. The van der Waals surface area contributed by atoms with Gasteiger partial charge in [0.1, 0.15) is 5.76 Å². The van der Waals surface area contributed by atoms with Crippen LogP contribution in [0, 0.1) is 6.92 Å². The van der Waals surface area contributed by atoms with Crippen LogP contribution in [0.5, 0.6) is 0 Å². The molecule has 0 bridgehead atoms. The molecule has 1 saturated heterocycles. The summed E-state index contributed by atoms with van der Waals surface area (Å²) in [6, 6.07) is 9.86. The highest BCUT2D eigenvalue weighted by Gasteiger charge is 2.25. The van der Waals surface area contributed by atoms with Crippen molar-refractivity contribution in [2.75, 3.05) is 13.1 Å². The van der Waals surface area contributed by atoms with Gasteiger partial charge in [0.15, 0.2) is 11.5 Å². The van der Waals surface area contributed by atoms with Gasteiger partial charge in [-0.2, -0.15) is 9.61 Å². The molecule has 0 aromatic carbocycles. The second-order valence-electron chi connectivity index (χ2n) is 7.27. The molecule has 8 heteroatoms. The van der Waals surface area contributed by atoms with Crippen LogP contribution in [0.25, 0.3) is 16.9 Å². The maximum atomic E-state index is 5.17. The van der Waals surface area contributed by atoms with E-state index in [2.05, 4.69) is 25.2 Å². The Hall–Kier alpha value is -3.13. The van der Waals surface area contributed by atoms with E-state index < -0.39 is 0 Å². The fraction of sp³-hybridized carbons (Fsp3) is 0.350. The van der Waals surface area contributed by atoms with Gasteiger partial charge in [-0.1, -0.05) is 5.16 Å². The van der Waals surface area contributed by atoms with Gasteiger partial charge in [-0.25, -0.2) is 0 Å². The van der Waals surface area contributed by atoms with Gasteiger partial charge >= 0.3 is 0 Å². The Kier molecular flexibility index (Phi) is 4.32. The third-order valence-corrected chi connectivity index (χ3v) is 5.26. The molecule has 0 unspecified atom stereocenters. The standard InChI is InChI=1S/C20H21N7O/c1-14-11-17(25-28-14)13-26-9-6-15(7-10-26)20-23-22-19-5-4-18(24-27(19)20)16-3-2-8-21-12-16/h2-5,8,11-12,15H,6-7,9-10,13H2,1H3. The third kappa shape index (κ3) is 3.27. The first-order valence-electron chi connectivity index (χ1n) is 9.53. The summed E-state index contributed by atoms with van der Waals surface area (Å²) in [6.07, 6.45) is 5.63. The average molecular weight is 375 g/mol. The summed E-state index contributed by atoms with van der Waals surface area (Å²) in [5, 5.41) is 17.7. The molecule has 1 fully saturated rings. The lowest BCUT2D eigenvalue weighted by Gasteiger charge is -2.30. The summed E-state index contributed by atoms with van der Waals surface area (Å²) in [4.78, 5) is 6.60. The maximum Gasteiger partial charge on any atom is 0.177 e. The van der Waals surface area contributed by atoms with Crippen LogP contribution >= 0.6 is 0 Å². The van der Waals surface area contributed by atoms with Gasteiger partial charge in [-0.15, -0.1) is 10.2 Å². The SMILES string of the molecule is Cc1cc(CN2CCC(c3nnc4ccc(-c5cccnc5)nn34)CC2)no1. The highest BCUT2D eigenvalue weighted by atomic mass is 16.5. The lowest BCUT2D eigenvalue weighted by Crippen LogP contribution is -2.33. The van der Waals surface area contributed by atoms with Crippen LogP contribution in [0.4, 0.5) is 0 Å². The van der Waals surface area contributed by atoms with E-state index in [0.717, 1.165) is 66.7 Å². The molecule has 142 valence electrons. The monoisotopic (exact) mass is 375 g/mol. The van der Waals surface area contributed by atoms with Crippen molar-refractivity contribution < 1.29 is 4.52 Å². The van der Waals surface area contributed by atoms with Crippen molar-refractivity contribution in [1.29, 1.82) is 0 Å². The summed E-state index contributed by atoms with van der Waals surface area (Å²) in [7, 11) is 0. The first-order chi connectivity index (χ1) is 13.8. The third-order valence-electron chi connectivity index (χ3n) is 5.26. The average Bonchev–Trinajstić information content (AvgIpc) is 3.35. The van der Waals surface area contributed by atoms with E-state index in [1.807, 2.05) is 48.0 Å². The van der Waals surface area contributed by atoms with Gasteiger partial charge in [0.2, 0.25) is 0 Å². The van der Waals surface area contributed by atoms with E-state index in [-0.39, 0.29) is 0 Å². The van der Waals surface area contributed by atoms with Crippen LogP contribution in [-0.4, -0.2) is 47.9 Å². The fourth-order valence-electron chi connectivity index (χ4n) is 3.80. The van der Waals surface area contributed by atoms with Gasteiger partial charge < -0.3 is 4.52 Å². The van der Waals surface area contributed by atoms with E-state index >= 15 is 0 Å². The van der Waals surface area contributed by atoms with E-state index in [1.165, 1.54) is 0 Å². The Morgan fingerprint density at radius 1 is 1.14 bits per heavy atom. The highest BCUT2D eigenvalue weighted by Crippen LogP contribution is 2.28.